The summed E-state index contributed by atoms with van der Waals surface area (Å²) in [4.78, 5) is 4.34. The van der Waals surface area contributed by atoms with Crippen molar-refractivity contribution in [2.45, 2.75) is 6.92 Å². The van der Waals surface area contributed by atoms with Crippen LogP contribution < -0.4 is 0 Å². The van der Waals surface area contributed by atoms with Crippen LogP contribution in [0.2, 0.25) is 0 Å². The molecule has 0 radical (unpaired) electrons. The Morgan fingerprint density at radius 3 is 2.73 bits per heavy atom. The second-order valence-corrected chi connectivity index (χ2v) is 3.92. The summed E-state index contributed by atoms with van der Waals surface area (Å²) in [5, 5.41) is 2.60. The summed E-state index contributed by atoms with van der Waals surface area (Å²) in [6.07, 6.45) is 1.95. The minimum Gasteiger partial charge on any atom is -0.342 e. The molecule has 3 rings (SSSR count). The monoisotopic (exact) mass is 196 g/mol. The van der Waals surface area contributed by atoms with Crippen LogP contribution in [0, 0.1) is 6.92 Å². The van der Waals surface area contributed by atoms with Gasteiger partial charge in [-0.25, -0.2) is 0 Å². The lowest BCUT2D eigenvalue weighted by Crippen LogP contribution is -1.87. The SMILES string of the molecule is Cc1cc2c3ccccc3n(C)c2cn1. The Morgan fingerprint density at radius 1 is 1.07 bits per heavy atom. The van der Waals surface area contributed by atoms with Crippen LogP contribution in [0.4, 0.5) is 0 Å². The van der Waals surface area contributed by atoms with Gasteiger partial charge in [-0.2, -0.15) is 0 Å². The summed E-state index contributed by atoms with van der Waals surface area (Å²) in [5.41, 5.74) is 3.53. The molecule has 2 heteroatoms. The number of nitrogens with zero attached hydrogens (tertiary/aromatic N) is 2. The summed E-state index contributed by atoms with van der Waals surface area (Å²) in [5.74, 6) is 0. The van der Waals surface area contributed by atoms with Crippen LogP contribution in [0.1, 0.15) is 5.69 Å². The first kappa shape index (κ1) is 8.48. The first-order valence-corrected chi connectivity index (χ1v) is 5.07. The maximum atomic E-state index is 4.34. The molecule has 0 aliphatic carbocycles. The van der Waals surface area contributed by atoms with E-state index in [0.717, 1.165) is 5.69 Å². The van der Waals surface area contributed by atoms with Crippen LogP contribution in [-0.2, 0) is 7.05 Å². The number of aromatic nitrogens is 2. The van der Waals surface area contributed by atoms with Crippen LogP contribution in [0.15, 0.2) is 36.5 Å². The van der Waals surface area contributed by atoms with Crippen molar-refractivity contribution in [1.29, 1.82) is 0 Å². The van der Waals surface area contributed by atoms with E-state index >= 15 is 0 Å². The fourth-order valence-corrected chi connectivity index (χ4v) is 2.16. The fraction of sp³-hybridized carbons (Fsp3) is 0.154. The number of fused-ring (bicyclic) bond motifs is 3. The molecule has 0 saturated heterocycles. The molecule has 0 aliphatic rings. The molecule has 0 bridgehead atoms. The second kappa shape index (κ2) is 2.83. The molecule has 0 saturated carbocycles. The Kier molecular flexibility index (Phi) is 1.60. The zero-order chi connectivity index (χ0) is 10.4. The Labute approximate surface area is 88.2 Å². The van der Waals surface area contributed by atoms with Crippen LogP contribution in [-0.4, -0.2) is 9.55 Å². The topological polar surface area (TPSA) is 17.8 Å². The highest BCUT2D eigenvalue weighted by molar-refractivity contribution is 6.07. The lowest BCUT2D eigenvalue weighted by Gasteiger charge is -1.96. The minimum absolute atomic E-state index is 1.07. The van der Waals surface area contributed by atoms with E-state index in [4.69, 9.17) is 0 Å². The molecular weight excluding hydrogens is 184 g/mol. The maximum absolute atomic E-state index is 4.34. The first-order valence-electron chi connectivity index (χ1n) is 5.07. The van der Waals surface area contributed by atoms with Gasteiger partial charge >= 0.3 is 0 Å². The Bertz CT molecular complexity index is 650. The van der Waals surface area contributed by atoms with E-state index in [0.29, 0.717) is 0 Å². The molecule has 2 aromatic heterocycles. The van der Waals surface area contributed by atoms with Gasteiger partial charge in [0.1, 0.15) is 0 Å². The van der Waals surface area contributed by atoms with Crippen molar-refractivity contribution < 1.29 is 0 Å². The largest absolute Gasteiger partial charge is 0.342 e. The Hall–Kier alpha value is -1.83. The van der Waals surface area contributed by atoms with Crippen molar-refractivity contribution in [3.8, 4) is 0 Å². The van der Waals surface area contributed by atoms with Crippen molar-refractivity contribution in [1.82, 2.24) is 9.55 Å². The number of para-hydroxylation sites is 1. The van der Waals surface area contributed by atoms with Crippen LogP contribution in [0.3, 0.4) is 0 Å². The average molecular weight is 196 g/mol. The van der Waals surface area contributed by atoms with Crippen LogP contribution >= 0.6 is 0 Å². The molecule has 0 spiro atoms. The highest BCUT2D eigenvalue weighted by Crippen LogP contribution is 2.27. The quantitative estimate of drug-likeness (QED) is 0.540. The van der Waals surface area contributed by atoms with Gasteiger partial charge in [0, 0.05) is 29.0 Å². The predicted molar refractivity (Wildman–Crippen MR) is 63.0 cm³/mol. The molecule has 0 atom stereocenters. The molecule has 0 N–H and O–H groups in total. The Morgan fingerprint density at radius 2 is 1.87 bits per heavy atom. The smallest absolute Gasteiger partial charge is 0.0675 e. The van der Waals surface area contributed by atoms with Crippen LogP contribution in [0.25, 0.3) is 21.8 Å². The van der Waals surface area contributed by atoms with Gasteiger partial charge in [0.2, 0.25) is 0 Å². The van der Waals surface area contributed by atoms with Gasteiger partial charge < -0.3 is 4.57 Å². The van der Waals surface area contributed by atoms with Crippen molar-refractivity contribution in [2.24, 2.45) is 7.05 Å². The normalized spacial score (nSPS) is 11.3. The summed E-state index contributed by atoms with van der Waals surface area (Å²) < 4.78 is 2.19. The number of aryl methyl sites for hydroxylation is 2. The fourth-order valence-electron chi connectivity index (χ4n) is 2.16. The van der Waals surface area contributed by atoms with E-state index in [9.17, 15) is 0 Å². The molecule has 0 amide bonds. The zero-order valence-corrected chi connectivity index (χ0v) is 8.86. The highest BCUT2D eigenvalue weighted by atomic mass is 14.9. The number of benzene rings is 1. The Balaban J connectivity index is 2.64. The van der Waals surface area contributed by atoms with E-state index in [1.807, 2.05) is 13.1 Å². The molecule has 74 valence electrons. The lowest BCUT2D eigenvalue weighted by molar-refractivity contribution is 1.01. The molecule has 0 aliphatic heterocycles. The third kappa shape index (κ3) is 1.08. The van der Waals surface area contributed by atoms with Crippen molar-refractivity contribution in [3.05, 3.63) is 42.2 Å². The lowest BCUT2D eigenvalue weighted by atomic mass is 10.2. The van der Waals surface area contributed by atoms with E-state index in [-0.39, 0.29) is 0 Å². The highest BCUT2D eigenvalue weighted by Gasteiger charge is 2.06. The number of pyridine rings is 1. The van der Waals surface area contributed by atoms with E-state index < -0.39 is 0 Å². The third-order valence-electron chi connectivity index (χ3n) is 2.94. The standard InChI is InChI=1S/C13H12N2/c1-9-7-11-10-5-3-4-6-12(10)15(2)13(11)8-14-9/h3-8H,1-2H3. The zero-order valence-electron chi connectivity index (χ0n) is 8.86. The first-order chi connectivity index (χ1) is 7.27. The molecule has 2 nitrogen and oxygen atoms in total. The minimum atomic E-state index is 1.07. The van der Waals surface area contributed by atoms with E-state index in [2.05, 4.69) is 46.9 Å². The average Bonchev–Trinajstić information content (AvgIpc) is 2.54. The summed E-state index contributed by atoms with van der Waals surface area (Å²) in [6, 6.07) is 10.6. The third-order valence-corrected chi connectivity index (χ3v) is 2.94. The van der Waals surface area contributed by atoms with Gasteiger partial charge in [-0.1, -0.05) is 18.2 Å². The van der Waals surface area contributed by atoms with Gasteiger partial charge in [-0.3, -0.25) is 4.98 Å². The van der Waals surface area contributed by atoms with Crippen molar-refractivity contribution in [3.63, 3.8) is 0 Å². The van der Waals surface area contributed by atoms with E-state index in [1.54, 1.807) is 0 Å². The van der Waals surface area contributed by atoms with Gasteiger partial charge in [0.25, 0.3) is 0 Å². The van der Waals surface area contributed by atoms with Crippen molar-refractivity contribution >= 4 is 21.8 Å². The predicted octanol–water partition coefficient (Wildman–Crippen LogP) is 3.03. The number of hydrogen-bond acceptors (Lipinski definition) is 1. The van der Waals surface area contributed by atoms with Gasteiger partial charge in [0.15, 0.2) is 0 Å². The van der Waals surface area contributed by atoms with Crippen molar-refractivity contribution in [2.75, 3.05) is 0 Å². The molecule has 0 unspecified atom stereocenters. The summed E-state index contributed by atoms with van der Waals surface area (Å²) >= 11 is 0. The van der Waals surface area contributed by atoms with Gasteiger partial charge in [-0.15, -0.1) is 0 Å². The summed E-state index contributed by atoms with van der Waals surface area (Å²) in [7, 11) is 2.08. The van der Waals surface area contributed by atoms with Gasteiger partial charge in [0.05, 0.1) is 11.7 Å². The number of hydrogen-bond donors (Lipinski definition) is 0. The molecule has 1 aromatic carbocycles. The van der Waals surface area contributed by atoms with Gasteiger partial charge in [-0.05, 0) is 19.1 Å². The molecule has 15 heavy (non-hydrogen) atoms. The summed E-state index contributed by atoms with van der Waals surface area (Å²) in [6.45, 7) is 2.03. The molecule has 3 aromatic rings. The van der Waals surface area contributed by atoms with Crippen LogP contribution in [0.5, 0.6) is 0 Å². The molecular formula is C13H12N2. The van der Waals surface area contributed by atoms with E-state index in [1.165, 1.54) is 21.8 Å². The maximum Gasteiger partial charge on any atom is 0.0675 e. The molecule has 0 fully saturated rings. The molecule has 2 heterocycles. The number of rotatable bonds is 0. The second-order valence-electron chi connectivity index (χ2n) is 3.92.